The molecule has 4 aromatic rings. The Morgan fingerprint density at radius 1 is 1.00 bits per heavy atom. The number of fused-ring (bicyclic) bond motifs is 1. The number of hydrogen-bond acceptors (Lipinski definition) is 6. The van der Waals surface area contributed by atoms with Gasteiger partial charge in [-0.15, -0.1) is 0 Å². The van der Waals surface area contributed by atoms with Gasteiger partial charge in [-0.25, -0.2) is 4.98 Å². The van der Waals surface area contributed by atoms with Gasteiger partial charge >= 0.3 is 0 Å². The minimum absolute atomic E-state index is 0.0121. The molecule has 3 heterocycles. The molecule has 1 N–H and O–H groups in total. The molecule has 146 valence electrons. The van der Waals surface area contributed by atoms with E-state index in [-0.39, 0.29) is 13.4 Å². The number of ether oxygens (including phenoxy) is 3. The van der Waals surface area contributed by atoms with Gasteiger partial charge in [0.25, 0.3) is 0 Å². The smallest absolute Gasteiger partial charge is 0.231 e. The van der Waals surface area contributed by atoms with Crippen molar-refractivity contribution in [3.8, 4) is 57.4 Å². The summed E-state index contributed by atoms with van der Waals surface area (Å²) in [5.41, 5.74) is 4.17. The number of imidazole rings is 1. The van der Waals surface area contributed by atoms with Crippen LogP contribution in [0.1, 0.15) is 0 Å². The number of aromatic nitrogens is 3. The Kier molecular flexibility index (Phi) is 4.50. The summed E-state index contributed by atoms with van der Waals surface area (Å²) < 4.78 is 16.3. The maximum Gasteiger partial charge on any atom is 0.231 e. The second-order valence-corrected chi connectivity index (χ2v) is 6.56. The zero-order chi connectivity index (χ0) is 20.3. The predicted molar refractivity (Wildman–Crippen MR) is 110 cm³/mol. The highest BCUT2D eigenvalue weighted by Crippen LogP contribution is 2.39. The average Bonchev–Trinajstić information content (AvgIpc) is 3.45. The standard InChI is InChI=1S/C23H16N4O3/c24-10-12-28-17-7-4-15(5-8-17)23-26-21(22(27-23)18-3-1-2-11-25-18)16-6-9-19-20(13-16)30-14-29-19/h1-9,11,13H,12,14H2,(H,26,27). The Labute approximate surface area is 172 Å². The van der Waals surface area contributed by atoms with E-state index in [4.69, 9.17) is 24.5 Å². The lowest BCUT2D eigenvalue weighted by Crippen LogP contribution is -1.93. The number of nitrogens with one attached hydrogen (secondary N) is 1. The summed E-state index contributed by atoms with van der Waals surface area (Å²) in [6, 6.07) is 20.9. The summed E-state index contributed by atoms with van der Waals surface area (Å²) >= 11 is 0. The molecule has 7 heteroatoms. The highest BCUT2D eigenvalue weighted by Gasteiger charge is 2.20. The number of H-pyrrole nitrogens is 1. The van der Waals surface area contributed by atoms with Crippen molar-refractivity contribution in [3.63, 3.8) is 0 Å². The fourth-order valence-corrected chi connectivity index (χ4v) is 3.28. The Morgan fingerprint density at radius 2 is 1.83 bits per heavy atom. The van der Waals surface area contributed by atoms with Crippen LogP contribution in [0.3, 0.4) is 0 Å². The fraction of sp³-hybridized carbons (Fsp3) is 0.0870. The topological polar surface area (TPSA) is 93.1 Å². The minimum Gasteiger partial charge on any atom is -0.479 e. The van der Waals surface area contributed by atoms with E-state index in [0.717, 1.165) is 34.0 Å². The fourth-order valence-electron chi connectivity index (χ4n) is 3.28. The summed E-state index contributed by atoms with van der Waals surface area (Å²) in [6.07, 6.45) is 1.75. The number of pyridine rings is 1. The van der Waals surface area contributed by atoms with Crippen molar-refractivity contribution in [1.82, 2.24) is 15.0 Å². The van der Waals surface area contributed by atoms with Crippen LogP contribution in [0, 0.1) is 11.3 Å². The second kappa shape index (κ2) is 7.60. The average molecular weight is 396 g/mol. The third-order valence-electron chi connectivity index (χ3n) is 4.70. The van der Waals surface area contributed by atoms with Gasteiger partial charge in [0.2, 0.25) is 6.79 Å². The molecule has 2 aromatic heterocycles. The zero-order valence-corrected chi connectivity index (χ0v) is 15.8. The number of rotatable bonds is 5. The third-order valence-corrected chi connectivity index (χ3v) is 4.70. The lowest BCUT2D eigenvalue weighted by molar-refractivity contribution is 0.174. The normalized spacial score (nSPS) is 11.8. The quantitative estimate of drug-likeness (QED) is 0.536. The van der Waals surface area contributed by atoms with E-state index in [2.05, 4.69) is 9.97 Å². The van der Waals surface area contributed by atoms with Crippen LogP contribution in [-0.4, -0.2) is 28.4 Å². The van der Waals surface area contributed by atoms with Crippen LogP contribution in [0.5, 0.6) is 17.2 Å². The molecule has 0 radical (unpaired) electrons. The Bertz CT molecular complexity index is 1230. The van der Waals surface area contributed by atoms with Gasteiger partial charge in [0.15, 0.2) is 18.1 Å². The molecule has 0 saturated heterocycles. The van der Waals surface area contributed by atoms with Crippen molar-refractivity contribution in [1.29, 1.82) is 5.26 Å². The Balaban J connectivity index is 1.58. The molecule has 1 aliphatic rings. The van der Waals surface area contributed by atoms with E-state index >= 15 is 0 Å². The summed E-state index contributed by atoms with van der Waals surface area (Å²) in [5, 5.41) is 8.66. The number of hydrogen-bond donors (Lipinski definition) is 1. The van der Waals surface area contributed by atoms with Gasteiger partial charge in [0, 0.05) is 17.3 Å². The largest absolute Gasteiger partial charge is 0.479 e. The van der Waals surface area contributed by atoms with Crippen LogP contribution in [0.2, 0.25) is 0 Å². The molecule has 0 amide bonds. The van der Waals surface area contributed by atoms with Crippen LogP contribution in [0.25, 0.3) is 34.0 Å². The second-order valence-electron chi connectivity index (χ2n) is 6.56. The van der Waals surface area contributed by atoms with E-state index in [1.54, 1.807) is 6.20 Å². The molecular weight excluding hydrogens is 380 g/mol. The molecule has 2 aromatic carbocycles. The summed E-state index contributed by atoms with van der Waals surface area (Å²) in [4.78, 5) is 12.7. The Morgan fingerprint density at radius 3 is 2.63 bits per heavy atom. The minimum atomic E-state index is 0.0121. The molecule has 0 bridgehead atoms. The SMILES string of the molecule is N#CCOc1ccc(-c2nc(-c3ccc4c(c3)OCO4)c(-c3ccccn3)[nH]2)cc1. The number of aromatic amines is 1. The lowest BCUT2D eigenvalue weighted by atomic mass is 10.1. The molecule has 7 nitrogen and oxygen atoms in total. The lowest BCUT2D eigenvalue weighted by Gasteiger charge is -2.03. The molecule has 30 heavy (non-hydrogen) atoms. The number of benzene rings is 2. The van der Waals surface area contributed by atoms with E-state index < -0.39 is 0 Å². The van der Waals surface area contributed by atoms with Gasteiger partial charge < -0.3 is 19.2 Å². The van der Waals surface area contributed by atoms with E-state index in [1.165, 1.54) is 0 Å². The third kappa shape index (κ3) is 3.31. The van der Waals surface area contributed by atoms with E-state index in [1.807, 2.05) is 66.7 Å². The molecule has 0 spiro atoms. The first-order valence-electron chi connectivity index (χ1n) is 9.33. The van der Waals surface area contributed by atoms with Gasteiger partial charge in [0.1, 0.15) is 17.6 Å². The van der Waals surface area contributed by atoms with Gasteiger partial charge in [-0.3, -0.25) is 4.98 Å². The van der Waals surface area contributed by atoms with Crippen molar-refractivity contribution in [2.75, 3.05) is 13.4 Å². The van der Waals surface area contributed by atoms with Crippen LogP contribution >= 0.6 is 0 Å². The number of nitrogens with zero attached hydrogens (tertiary/aromatic N) is 3. The summed E-state index contributed by atoms with van der Waals surface area (Å²) in [5.74, 6) is 2.76. The van der Waals surface area contributed by atoms with Crippen LogP contribution in [0.15, 0.2) is 66.9 Å². The number of nitriles is 1. The molecule has 0 aliphatic carbocycles. The van der Waals surface area contributed by atoms with Gasteiger partial charge in [0.05, 0.1) is 17.1 Å². The van der Waals surface area contributed by atoms with Gasteiger partial charge in [-0.1, -0.05) is 6.07 Å². The highest BCUT2D eigenvalue weighted by molar-refractivity contribution is 5.81. The van der Waals surface area contributed by atoms with Crippen molar-refractivity contribution >= 4 is 0 Å². The molecule has 0 unspecified atom stereocenters. The molecule has 0 fully saturated rings. The molecule has 0 atom stereocenters. The molecule has 0 saturated carbocycles. The van der Waals surface area contributed by atoms with E-state index in [9.17, 15) is 0 Å². The van der Waals surface area contributed by atoms with Crippen LogP contribution < -0.4 is 14.2 Å². The first kappa shape index (κ1) is 17.8. The Hall–Kier alpha value is -4.31. The van der Waals surface area contributed by atoms with Crippen molar-refractivity contribution in [3.05, 3.63) is 66.9 Å². The summed E-state index contributed by atoms with van der Waals surface area (Å²) in [7, 11) is 0. The van der Waals surface area contributed by atoms with Crippen LogP contribution in [0.4, 0.5) is 0 Å². The maximum absolute atomic E-state index is 8.66. The van der Waals surface area contributed by atoms with Crippen LogP contribution in [-0.2, 0) is 0 Å². The maximum atomic E-state index is 8.66. The van der Waals surface area contributed by atoms with Crippen molar-refractivity contribution < 1.29 is 14.2 Å². The monoisotopic (exact) mass is 396 g/mol. The summed E-state index contributed by atoms with van der Waals surface area (Å²) in [6.45, 7) is 0.232. The molecular formula is C23H16N4O3. The van der Waals surface area contributed by atoms with Crippen molar-refractivity contribution in [2.45, 2.75) is 0 Å². The zero-order valence-electron chi connectivity index (χ0n) is 15.8. The van der Waals surface area contributed by atoms with Gasteiger partial charge in [-0.2, -0.15) is 5.26 Å². The van der Waals surface area contributed by atoms with Crippen molar-refractivity contribution in [2.24, 2.45) is 0 Å². The highest BCUT2D eigenvalue weighted by atomic mass is 16.7. The van der Waals surface area contributed by atoms with Gasteiger partial charge in [-0.05, 0) is 54.6 Å². The molecule has 1 aliphatic heterocycles. The first-order chi connectivity index (χ1) is 14.8. The van der Waals surface area contributed by atoms with E-state index in [0.29, 0.717) is 17.3 Å². The first-order valence-corrected chi connectivity index (χ1v) is 9.33. The molecule has 5 rings (SSSR count). The predicted octanol–water partition coefficient (Wildman–Crippen LogP) is 4.44.